The van der Waals surface area contributed by atoms with Crippen molar-refractivity contribution in [3.05, 3.63) is 29.8 Å². The minimum atomic E-state index is -4.21. The van der Waals surface area contributed by atoms with E-state index in [0.717, 1.165) is 5.56 Å². The Hall–Kier alpha value is -1.17. The van der Waals surface area contributed by atoms with Crippen LogP contribution in [0.3, 0.4) is 0 Å². The number of carbonyl (C=O) groups is 1. The first kappa shape index (κ1) is 14.9. The van der Waals surface area contributed by atoms with E-state index in [-0.39, 0.29) is 29.9 Å². The largest absolute Gasteiger partial charge is 0.493 e. The lowest BCUT2D eigenvalue weighted by molar-refractivity contribution is -0.116. The van der Waals surface area contributed by atoms with E-state index in [4.69, 9.17) is 4.74 Å². The minimum absolute atomic E-state index is 0.00374. The van der Waals surface area contributed by atoms with Crippen molar-refractivity contribution in [3.63, 3.8) is 0 Å². The van der Waals surface area contributed by atoms with Gasteiger partial charge in [0.15, 0.2) is 0 Å². The summed E-state index contributed by atoms with van der Waals surface area (Å²) in [4.78, 5) is 10.9. The van der Waals surface area contributed by atoms with Gasteiger partial charge in [-0.3, -0.25) is 4.79 Å². The number of hydrogen-bond donors (Lipinski definition) is 0. The molecule has 0 fully saturated rings. The van der Waals surface area contributed by atoms with E-state index in [2.05, 4.69) is 0 Å². The quantitative estimate of drug-likeness (QED) is 0.745. The summed E-state index contributed by atoms with van der Waals surface area (Å²) in [5.74, 6) is 0.425. The first-order valence-electron chi connectivity index (χ1n) is 5.29. The molecule has 1 aromatic carbocycles. The molecular weight excluding hydrogens is 265 g/mol. The molecule has 0 aliphatic carbocycles. The summed E-state index contributed by atoms with van der Waals surface area (Å²) in [7, 11) is 0. The van der Waals surface area contributed by atoms with E-state index in [1.807, 2.05) is 0 Å². The van der Waals surface area contributed by atoms with Crippen molar-refractivity contribution < 1.29 is 22.7 Å². The highest BCUT2D eigenvalue weighted by atomic mass is 32.2. The predicted octanol–water partition coefficient (Wildman–Crippen LogP) is 3.45. The van der Waals surface area contributed by atoms with Gasteiger partial charge in [0.2, 0.25) is 0 Å². The third kappa shape index (κ3) is 6.54. The van der Waals surface area contributed by atoms with Crippen molar-refractivity contribution in [2.75, 3.05) is 12.4 Å². The van der Waals surface area contributed by atoms with E-state index in [0.29, 0.717) is 12.2 Å². The molecule has 0 radical (unpaired) electrons. The van der Waals surface area contributed by atoms with Gasteiger partial charge in [-0.2, -0.15) is 13.2 Å². The first-order valence-corrected chi connectivity index (χ1v) is 6.27. The monoisotopic (exact) mass is 278 g/mol. The fraction of sp³-hybridized carbons (Fsp3) is 0.417. The molecule has 0 atom stereocenters. The Morgan fingerprint density at radius 2 is 1.89 bits per heavy atom. The summed E-state index contributed by atoms with van der Waals surface area (Å²) in [5.41, 5.74) is -3.35. The smallest absolute Gasteiger partial charge is 0.441 e. The molecule has 0 aromatic heterocycles. The second-order valence-electron chi connectivity index (χ2n) is 3.67. The molecule has 1 rings (SSSR count). The second kappa shape index (κ2) is 6.68. The van der Waals surface area contributed by atoms with E-state index in [9.17, 15) is 18.0 Å². The van der Waals surface area contributed by atoms with Crippen LogP contribution >= 0.6 is 11.8 Å². The molecular formula is C12H13F3O2S. The third-order valence-corrected chi connectivity index (χ3v) is 2.69. The van der Waals surface area contributed by atoms with Crippen molar-refractivity contribution in [1.82, 2.24) is 0 Å². The number of benzene rings is 1. The number of rotatable bonds is 6. The van der Waals surface area contributed by atoms with Crippen LogP contribution in [0.2, 0.25) is 0 Å². The molecule has 100 valence electrons. The molecule has 0 aliphatic heterocycles. The number of hydrogen-bond acceptors (Lipinski definition) is 3. The molecule has 0 saturated heterocycles. The number of carbonyl (C=O) groups excluding carboxylic acids is 1. The molecule has 0 aliphatic rings. The van der Waals surface area contributed by atoms with Crippen LogP contribution in [-0.2, 0) is 11.2 Å². The summed E-state index contributed by atoms with van der Waals surface area (Å²) in [5, 5.41) is 0. The highest BCUT2D eigenvalue weighted by Crippen LogP contribution is 2.29. The van der Waals surface area contributed by atoms with Crippen molar-refractivity contribution in [3.8, 4) is 5.75 Å². The average molecular weight is 278 g/mol. The van der Waals surface area contributed by atoms with Gasteiger partial charge in [-0.1, -0.05) is 12.1 Å². The van der Waals surface area contributed by atoms with E-state index in [1.165, 1.54) is 6.92 Å². The highest BCUT2D eigenvalue weighted by Gasteiger charge is 2.27. The summed E-state index contributed by atoms with van der Waals surface area (Å²) in [6, 6.07) is 6.76. The van der Waals surface area contributed by atoms with Gasteiger partial charge in [0.25, 0.3) is 0 Å². The average Bonchev–Trinajstić information content (AvgIpc) is 2.24. The Morgan fingerprint density at radius 3 is 2.39 bits per heavy atom. The molecule has 0 heterocycles. The number of alkyl halides is 3. The van der Waals surface area contributed by atoms with Crippen molar-refractivity contribution in [2.45, 2.75) is 18.9 Å². The molecule has 0 bridgehead atoms. The number of thioether (sulfide) groups is 1. The van der Waals surface area contributed by atoms with Crippen molar-refractivity contribution in [1.29, 1.82) is 0 Å². The first-order chi connectivity index (χ1) is 8.37. The lowest BCUT2D eigenvalue weighted by Crippen LogP contribution is -2.07. The Balaban J connectivity index is 2.33. The fourth-order valence-corrected chi connectivity index (χ4v) is 1.71. The molecule has 6 heteroatoms. The number of halogens is 3. The molecule has 0 amide bonds. The number of ether oxygens (including phenoxy) is 1. The molecule has 18 heavy (non-hydrogen) atoms. The van der Waals surface area contributed by atoms with Crippen LogP contribution in [0.25, 0.3) is 0 Å². The van der Waals surface area contributed by atoms with Gasteiger partial charge >= 0.3 is 5.51 Å². The van der Waals surface area contributed by atoms with Gasteiger partial charge in [0, 0.05) is 12.2 Å². The topological polar surface area (TPSA) is 26.3 Å². The van der Waals surface area contributed by atoms with E-state index >= 15 is 0 Å². The SMILES string of the molecule is CC(=O)Cc1ccc(OCCSC(F)(F)F)cc1. The van der Waals surface area contributed by atoms with E-state index in [1.54, 1.807) is 24.3 Å². The van der Waals surface area contributed by atoms with Crippen LogP contribution < -0.4 is 4.74 Å². The Morgan fingerprint density at radius 1 is 1.28 bits per heavy atom. The van der Waals surface area contributed by atoms with Crippen LogP contribution in [0.15, 0.2) is 24.3 Å². The number of ketones is 1. The lowest BCUT2D eigenvalue weighted by atomic mass is 10.1. The molecule has 0 spiro atoms. The van der Waals surface area contributed by atoms with Gasteiger partial charge in [0.05, 0.1) is 6.61 Å². The summed E-state index contributed by atoms with van der Waals surface area (Å²) in [6.07, 6.45) is 0.351. The maximum Gasteiger partial charge on any atom is 0.441 e. The zero-order valence-electron chi connectivity index (χ0n) is 9.79. The Bertz CT molecular complexity index is 387. The van der Waals surface area contributed by atoms with Crippen molar-refractivity contribution >= 4 is 17.5 Å². The van der Waals surface area contributed by atoms with Crippen LogP contribution in [-0.4, -0.2) is 23.7 Å². The summed E-state index contributed by atoms with van der Waals surface area (Å²) < 4.78 is 40.6. The minimum Gasteiger partial charge on any atom is -0.493 e. The van der Waals surface area contributed by atoms with E-state index < -0.39 is 5.51 Å². The predicted molar refractivity (Wildman–Crippen MR) is 64.8 cm³/mol. The van der Waals surface area contributed by atoms with Crippen molar-refractivity contribution in [2.24, 2.45) is 0 Å². The fourth-order valence-electron chi connectivity index (χ4n) is 1.31. The lowest BCUT2D eigenvalue weighted by Gasteiger charge is -2.08. The third-order valence-electron chi connectivity index (χ3n) is 1.99. The molecule has 0 unspecified atom stereocenters. The zero-order chi connectivity index (χ0) is 13.6. The molecule has 0 saturated carbocycles. The normalized spacial score (nSPS) is 11.3. The van der Waals surface area contributed by atoms with Crippen LogP contribution in [0.1, 0.15) is 12.5 Å². The standard InChI is InChI=1S/C12H13F3O2S/c1-9(16)8-10-2-4-11(5-3-10)17-6-7-18-12(13,14)15/h2-5H,6-8H2,1H3. The maximum atomic E-state index is 11.8. The molecule has 1 aromatic rings. The van der Waals surface area contributed by atoms with Crippen LogP contribution in [0, 0.1) is 0 Å². The summed E-state index contributed by atoms with van der Waals surface area (Å²) >= 11 is -0.105. The number of Topliss-reactive ketones (excluding diaryl/α,β-unsaturated/α-hetero) is 1. The van der Waals surface area contributed by atoms with Crippen LogP contribution in [0.5, 0.6) is 5.75 Å². The van der Waals surface area contributed by atoms with Gasteiger partial charge in [0.1, 0.15) is 11.5 Å². The second-order valence-corrected chi connectivity index (χ2v) is 4.83. The Labute approximate surface area is 108 Å². The molecule has 2 nitrogen and oxygen atoms in total. The van der Waals surface area contributed by atoms with Gasteiger partial charge in [-0.25, -0.2) is 0 Å². The zero-order valence-corrected chi connectivity index (χ0v) is 10.6. The highest BCUT2D eigenvalue weighted by molar-refractivity contribution is 8.00. The van der Waals surface area contributed by atoms with Gasteiger partial charge in [-0.15, -0.1) is 0 Å². The van der Waals surface area contributed by atoms with Gasteiger partial charge < -0.3 is 4.74 Å². The van der Waals surface area contributed by atoms with Gasteiger partial charge in [-0.05, 0) is 36.4 Å². The summed E-state index contributed by atoms with van der Waals surface area (Å²) in [6.45, 7) is 1.50. The maximum absolute atomic E-state index is 11.8. The molecule has 0 N–H and O–H groups in total. The Kier molecular flexibility index (Phi) is 5.53. The van der Waals surface area contributed by atoms with Crippen LogP contribution in [0.4, 0.5) is 13.2 Å².